The second kappa shape index (κ2) is 8.26. The third-order valence-corrected chi connectivity index (χ3v) is 3.24. The number of methoxy groups -OCH3 is 1. The van der Waals surface area contributed by atoms with E-state index >= 15 is 0 Å². The van der Waals surface area contributed by atoms with E-state index in [2.05, 4.69) is 0 Å². The van der Waals surface area contributed by atoms with Crippen molar-refractivity contribution in [1.29, 1.82) is 0 Å². The minimum atomic E-state index is -1.48. The molecule has 0 unspecified atom stereocenters. The molecule has 2 aromatic rings. The monoisotopic (exact) mass is 318 g/mol. The lowest BCUT2D eigenvalue weighted by molar-refractivity contribution is -0.131. The smallest absolute Gasteiger partial charge is 0.377 e. The minimum absolute atomic E-state index is 0.150. The molecule has 2 rings (SSSR count). The highest BCUT2D eigenvalue weighted by Crippen LogP contribution is 2.28. The van der Waals surface area contributed by atoms with Crippen molar-refractivity contribution < 1.29 is 28.9 Å². The molecular formula is C17H18O6. The van der Waals surface area contributed by atoms with Gasteiger partial charge in [-0.2, -0.15) is 0 Å². The minimum Gasteiger partial charge on any atom is -0.491 e. The molecule has 0 radical (unpaired) electrons. The van der Waals surface area contributed by atoms with Gasteiger partial charge in [-0.25, -0.2) is 4.79 Å². The lowest BCUT2D eigenvalue weighted by atomic mass is 10.0. The van der Waals surface area contributed by atoms with Crippen molar-refractivity contribution in [2.45, 2.75) is 0 Å². The lowest BCUT2D eigenvalue weighted by Crippen LogP contribution is -2.13. The van der Waals surface area contributed by atoms with Crippen LogP contribution in [-0.4, -0.2) is 50.4 Å². The van der Waals surface area contributed by atoms with Gasteiger partial charge in [-0.1, -0.05) is 24.3 Å². The Morgan fingerprint density at radius 3 is 2.35 bits per heavy atom. The molecule has 2 aromatic carbocycles. The third kappa shape index (κ3) is 4.28. The Bertz CT molecular complexity index is 695. The van der Waals surface area contributed by atoms with Crippen LogP contribution in [0.5, 0.6) is 5.75 Å². The van der Waals surface area contributed by atoms with Gasteiger partial charge in [0.25, 0.3) is 5.78 Å². The number of carbonyl (C=O) groups excluding carboxylic acids is 1. The zero-order valence-electron chi connectivity index (χ0n) is 12.8. The van der Waals surface area contributed by atoms with Crippen molar-refractivity contribution in [2.75, 3.05) is 33.5 Å². The molecule has 0 aromatic heterocycles. The summed E-state index contributed by atoms with van der Waals surface area (Å²) in [6.07, 6.45) is 0. The van der Waals surface area contributed by atoms with Gasteiger partial charge in [0.2, 0.25) is 0 Å². The fourth-order valence-corrected chi connectivity index (χ4v) is 2.17. The number of carbonyl (C=O) groups is 2. The number of aliphatic carboxylic acids is 1. The topological polar surface area (TPSA) is 82.1 Å². The summed E-state index contributed by atoms with van der Waals surface area (Å²) < 4.78 is 15.9. The van der Waals surface area contributed by atoms with Gasteiger partial charge in [0.15, 0.2) is 0 Å². The molecule has 1 N–H and O–H groups in total. The summed E-state index contributed by atoms with van der Waals surface area (Å²) in [6.45, 7) is 1.77. The first kappa shape index (κ1) is 16.9. The van der Waals surface area contributed by atoms with Crippen LogP contribution in [0.3, 0.4) is 0 Å². The van der Waals surface area contributed by atoms with Gasteiger partial charge in [-0.15, -0.1) is 0 Å². The van der Waals surface area contributed by atoms with Crippen LogP contribution >= 0.6 is 0 Å². The van der Waals surface area contributed by atoms with E-state index in [0.717, 1.165) is 0 Å². The lowest BCUT2D eigenvalue weighted by Gasteiger charge is -2.11. The van der Waals surface area contributed by atoms with Crippen LogP contribution in [-0.2, 0) is 14.3 Å². The molecule has 0 aliphatic rings. The molecule has 0 aliphatic heterocycles. The molecule has 0 aliphatic carbocycles. The van der Waals surface area contributed by atoms with Crippen LogP contribution in [0.4, 0.5) is 0 Å². The standard InChI is InChI=1S/C17H18O6/c1-21-8-9-22-10-11-23-15-7-6-14(16(18)17(19)20)12-4-2-3-5-13(12)15/h2-7H,8-11H2,1H3,(H,19,20). The summed E-state index contributed by atoms with van der Waals surface area (Å²) in [5.74, 6) is -1.83. The molecule has 0 heterocycles. The third-order valence-electron chi connectivity index (χ3n) is 3.24. The largest absolute Gasteiger partial charge is 0.491 e. The maximum Gasteiger partial charge on any atom is 0.377 e. The van der Waals surface area contributed by atoms with Crippen molar-refractivity contribution in [1.82, 2.24) is 0 Å². The number of benzene rings is 2. The Morgan fingerprint density at radius 2 is 1.65 bits per heavy atom. The van der Waals surface area contributed by atoms with Gasteiger partial charge < -0.3 is 19.3 Å². The molecule has 0 amide bonds. The average molecular weight is 318 g/mol. The predicted molar refractivity (Wildman–Crippen MR) is 84.1 cm³/mol. The second-order valence-electron chi connectivity index (χ2n) is 4.74. The average Bonchev–Trinajstić information content (AvgIpc) is 2.57. The number of hydrogen-bond acceptors (Lipinski definition) is 5. The van der Waals surface area contributed by atoms with Crippen LogP contribution in [0.15, 0.2) is 36.4 Å². The second-order valence-corrected chi connectivity index (χ2v) is 4.74. The van der Waals surface area contributed by atoms with Crippen LogP contribution in [0.25, 0.3) is 10.8 Å². The van der Waals surface area contributed by atoms with Crippen LogP contribution in [0, 0.1) is 0 Å². The number of rotatable bonds is 9. The molecule has 6 nitrogen and oxygen atoms in total. The summed E-state index contributed by atoms with van der Waals surface area (Å²) >= 11 is 0. The van der Waals surface area contributed by atoms with Gasteiger partial charge >= 0.3 is 5.97 Å². The highest BCUT2D eigenvalue weighted by atomic mass is 16.5. The van der Waals surface area contributed by atoms with E-state index in [-0.39, 0.29) is 5.56 Å². The summed E-state index contributed by atoms with van der Waals surface area (Å²) in [5.41, 5.74) is 0.150. The van der Waals surface area contributed by atoms with Gasteiger partial charge in [0.05, 0.1) is 19.8 Å². The molecule has 0 atom stereocenters. The number of fused-ring (bicyclic) bond motifs is 1. The number of Topliss-reactive ketones (excluding diaryl/α,β-unsaturated/α-hetero) is 1. The Morgan fingerprint density at radius 1 is 0.957 bits per heavy atom. The van der Waals surface area contributed by atoms with Gasteiger partial charge in [-0.3, -0.25) is 4.79 Å². The number of carboxylic acids is 1. The van der Waals surface area contributed by atoms with E-state index < -0.39 is 11.8 Å². The summed E-state index contributed by atoms with van der Waals surface area (Å²) in [5, 5.41) is 10.1. The summed E-state index contributed by atoms with van der Waals surface area (Å²) in [6, 6.07) is 10.1. The highest BCUT2D eigenvalue weighted by molar-refractivity contribution is 6.42. The molecule has 0 bridgehead atoms. The zero-order valence-corrected chi connectivity index (χ0v) is 12.8. The maximum atomic E-state index is 11.8. The number of hydrogen-bond donors (Lipinski definition) is 1. The normalized spacial score (nSPS) is 10.7. The van der Waals surface area contributed by atoms with Crippen LogP contribution in [0.1, 0.15) is 10.4 Å². The number of carboxylic acid groups (broad SMARTS) is 1. The van der Waals surface area contributed by atoms with E-state index in [1.807, 2.05) is 0 Å². The van der Waals surface area contributed by atoms with Crippen molar-refractivity contribution in [3.05, 3.63) is 42.0 Å². The Kier molecular flexibility index (Phi) is 6.08. The summed E-state index contributed by atoms with van der Waals surface area (Å²) in [7, 11) is 1.60. The fourth-order valence-electron chi connectivity index (χ4n) is 2.17. The van der Waals surface area contributed by atoms with Crippen molar-refractivity contribution in [3.63, 3.8) is 0 Å². The number of ketones is 1. The first-order valence-corrected chi connectivity index (χ1v) is 7.14. The predicted octanol–water partition coefficient (Wildman–Crippen LogP) is 2.15. The summed E-state index contributed by atoms with van der Waals surface area (Å²) in [4.78, 5) is 22.7. The van der Waals surface area contributed by atoms with E-state index in [0.29, 0.717) is 42.9 Å². The van der Waals surface area contributed by atoms with Crippen molar-refractivity contribution in [2.24, 2.45) is 0 Å². The van der Waals surface area contributed by atoms with E-state index in [4.69, 9.17) is 19.3 Å². The molecule has 23 heavy (non-hydrogen) atoms. The molecule has 0 saturated carbocycles. The van der Waals surface area contributed by atoms with E-state index in [1.54, 1.807) is 37.4 Å². The van der Waals surface area contributed by atoms with Gasteiger partial charge in [0.1, 0.15) is 12.4 Å². The Balaban J connectivity index is 2.15. The Labute approximate surface area is 133 Å². The first-order chi connectivity index (χ1) is 11.1. The first-order valence-electron chi connectivity index (χ1n) is 7.14. The van der Waals surface area contributed by atoms with Crippen LogP contribution in [0.2, 0.25) is 0 Å². The zero-order chi connectivity index (χ0) is 16.7. The maximum absolute atomic E-state index is 11.8. The highest BCUT2D eigenvalue weighted by Gasteiger charge is 2.18. The van der Waals surface area contributed by atoms with E-state index in [1.165, 1.54) is 6.07 Å². The number of ether oxygens (including phenoxy) is 3. The Hall–Kier alpha value is -2.44. The molecule has 6 heteroatoms. The van der Waals surface area contributed by atoms with Crippen molar-refractivity contribution in [3.8, 4) is 5.75 Å². The SMILES string of the molecule is COCCOCCOc1ccc(C(=O)C(=O)O)c2ccccc12. The molecule has 122 valence electrons. The van der Waals surface area contributed by atoms with Crippen molar-refractivity contribution >= 4 is 22.5 Å². The molecule has 0 spiro atoms. The van der Waals surface area contributed by atoms with Gasteiger partial charge in [-0.05, 0) is 17.5 Å². The quantitative estimate of drug-likeness (QED) is 0.433. The molecular weight excluding hydrogens is 300 g/mol. The van der Waals surface area contributed by atoms with Gasteiger partial charge in [0, 0.05) is 18.1 Å². The van der Waals surface area contributed by atoms with E-state index in [9.17, 15) is 9.59 Å². The fraction of sp³-hybridized carbons (Fsp3) is 0.294. The molecule has 0 fully saturated rings. The molecule has 0 saturated heterocycles. The van der Waals surface area contributed by atoms with Crippen LogP contribution < -0.4 is 4.74 Å².